The molecule has 2 heteroatoms. The van der Waals surface area contributed by atoms with Crippen molar-refractivity contribution in [1.29, 1.82) is 0 Å². The van der Waals surface area contributed by atoms with Crippen molar-refractivity contribution in [3.05, 3.63) is 35.4 Å². The predicted octanol–water partition coefficient (Wildman–Crippen LogP) is 0.352. The maximum absolute atomic E-state index is 5.14. The van der Waals surface area contributed by atoms with E-state index in [1.54, 1.807) is 0 Å². The first-order chi connectivity index (χ1) is 4.86. The van der Waals surface area contributed by atoms with Crippen LogP contribution in [0.5, 0.6) is 0 Å². The van der Waals surface area contributed by atoms with Gasteiger partial charge in [0.05, 0.1) is 0 Å². The van der Waals surface area contributed by atoms with Crippen molar-refractivity contribution >= 4 is 37.7 Å². The van der Waals surface area contributed by atoms with Crippen LogP contribution >= 0.6 is 0 Å². The Morgan fingerprint density at radius 1 is 0.750 bits per heavy atom. The molecule has 0 heterocycles. The van der Waals surface area contributed by atoms with Crippen molar-refractivity contribution in [1.82, 2.24) is 0 Å². The molecule has 1 rings (SSSR count). The monoisotopic (exact) mass is 142 g/mol. The summed E-state index contributed by atoms with van der Waals surface area (Å²) in [5.41, 5.74) is 1.72. The van der Waals surface area contributed by atoms with Gasteiger partial charge >= 0.3 is 37.7 Å². The minimum absolute atomic E-state index is 0. The molecule has 0 saturated carbocycles. The van der Waals surface area contributed by atoms with Crippen LogP contribution in [0.2, 0.25) is 0 Å². The van der Waals surface area contributed by atoms with Gasteiger partial charge in [0.15, 0.2) is 0 Å². The van der Waals surface area contributed by atoms with Crippen LogP contribution in [-0.2, 0) is 0 Å². The third-order valence-corrected chi connectivity index (χ3v) is 1.22. The van der Waals surface area contributed by atoms with Crippen LogP contribution in [0.1, 0.15) is 11.1 Å². The first kappa shape index (κ1) is 14.1. The second-order valence-electron chi connectivity index (χ2n) is 1.87. The van der Waals surface area contributed by atoms with Crippen molar-refractivity contribution in [2.45, 2.75) is 0 Å². The number of benzene rings is 1. The first-order valence-electron chi connectivity index (χ1n) is 2.90. The molecule has 0 saturated heterocycles. The summed E-state index contributed by atoms with van der Waals surface area (Å²) in [7, 11) is 0. The van der Waals surface area contributed by atoms with Crippen molar-refractivity contribution < 1.29 is 0 Å². The fourth-order valence-electron chi connectivity index (χ4n) is 0.663. The van der Waals surface area contributed by atoms with Gasteiger partial charge in [0.1, 0.15) is 0 Å². The van der Waals surface area contributed by atoms with E-state index >= 15 is 0 Å². The molecule has 0 atom stereocenters. The summed E-state index contributed by atoms with van der Waals surface area (Å²) in [5.74, 6) is 5.02. The molecule has 0 spiro atoms. The molecule has 1 aromatic rings. The Morgan fingerprint density at radius 2 is 1.00 bits per heavy atom. The zero-order valence-electron chi connectivity index (χ0n) is 5.46. The third kappa shape index (κ3) is 3.79. The molecule has 12 heavy (non-hydrogen) atoms. The first-order valence-corrected chi connectivity index (χ1v) is 2.90. The van der Waals surface area contributed by atoms with E-state index in [9.17, 15) is 0 Å². The van der Waals surface area contributed by atoms with E-state index in [-0.39, 0.29) is 37.7 Å². The number of rotatable bonds is 0. The maximum atomic E-state index is 5.14. The molecule has 0 bridgehead atoms. The van der Waals surface area contributed by atoms with Gasteiger partial charge in [0.25, 0.3) is 0 Å². The van der Waals surface area contributed by atoms with Crippen LogP contribution in [0.3, 0.4) is 0 Å². The molecule has 0 aliphatic rings. The minimum atomic E-state index is 0. The van der Waals surface area contributed by atoms with E-state index in [0.717, 1.165) is 11.1 Å². The SMILES string of the molecule is C#Cc1ccc(C#C)cc1.[LiH].[LiH]. The van der Waals surface area contributed by atoms with Crippen molar-refractivity contribution in [2.75, 3.05) is 0 Å². The van der Waals surface area contributed by atoms with E-state index in [0.29, 0.717) is 0 Å². The summed E-state index contributed by atoms with van der Waals surface area (Å²) < 4.78 is 0. The van der Waals surface area contributed by atoms with Crippen molar-refractivity contribution in [2.24, 2.45) is 0 Å². The summed E-state index contributed by atoms with van der Waals surface area (Å²) in [6, 6.07) is 7.31. The molecule has 0 fully saturated rings. The van der Waals surface area contributed by atoms with Crippen LogP contribution < -0.4 is 0 Å². The van der Waals surface area contributed by atoms with Gasteiger partial charge < -0.3 is 0 Å². The molecule has 0 amide bonds. The van der Waals surface area contributed by atoms with E-state index in [2.05, 4.69) is 11.8 Å². The molecule has 0 aromatic heterocycles. The Kier molecular flexibility index (Phi) is 8.45. The molecule has 1 aromatic carbocycles. The van der Waals surface area contributed by atoms with Crippen LogP contribution in [0.25, 0.3) is 0 Å². The molecular formula is C10H8Li2. The van der Waals surface area contributed by atoms with Gasteiger partial charge in [-0.25, -0.2) is 0 Å². The van der Waals surface area contributed by atoms with Gasteiger partial charge in [-0.05, 0) is 24.3 Å². The summed E-state index contributed by atoms with van der Waals surface area (Å²) in [5, 5.41) is 0. The van der Waals surface area contributed by atoms with Gasteiger partial charge in [-0.3, -0.25) is 0 Å². The van der Waals surface area contributed by atoms with Crippen LogP contribution in [0.4, 0.5) is 0 Å². The average Bonchev–Trinajstić information content (AvgIpc) is 2.05. The third-order valence-electron chi connectivity index (χ3n) is 1.22. The second-order valence-corrected chi connectivity index (χ2v) is 1.87. The van der Waals surface area contributed by atoms with Crippen molar-refractivity contribution in [3.63, 3.8) is 0 Å². The fourth-order valence-corrected chi connectivity index (χ4v) is 0.663. The summed E-state index contributed by atoms with van der Waals surface area (Å²) in [6.45, 7) is 0. The summed E-state index contributed by atoms with van der Waals surface area (Å²) in [6.07, 6.45) is 10.3. The quantitative estimate of drug-likeness (QED) is 0.362. The van der Waals surface area contributed by atoms with Gasteiger partial charge in [0.2, 0.25) is 0 Å². The molecule has 50 valence electrons. The topological polar surface area (TPSA) is 0 Å². The normalized spacial score (nSPS) is 6.50. The number of terminal acetylenes is 2. The molecule has 0 unspecified atom stereocenters. The zero-order valence-corrected chi connectivity index (χ0v) is 5.46. The van der Waals surface area contributed by atoms with E-state index in [1.807, 2.05) is 24.3 Å². The van der Waals surface area contributed by atoms with E-state index in [1.165, 1.54) is 0 Å². The predicted molar refractivity (Wildman–Crippen MR) is 56.6 cm³/mol. The summed E-state index contributed by atoms with van der Waals surface area (Å²) >= 11 is 0. The molecule has 0 radical (unpaired) electrons. The van der Waals surface area contributed by atoms with Gasteiger partial charge in [-0.2, -0.15) is 0 Å². The van der Waals surface area contributed by atoms with Crippen LogP contribution in [0.15, 0.2) is 24.3 Å². The zero-order chi connectivity index (χ0) is 7.40. The van der Waals surface area contributed by atoms with Gasteiger partial charge in [0, 0.05) is 11.1 Å². The van der Waals surface area contributed by atoms with Crippen LogP contribution in [-0.4, -0.2) is 37.7 Å². The molecule has 0 aliphatic heterocycles. The van der Waals surface area contributed by atoms with E-state index < -0.39 is 0 Å². The Bertz CT molecular complexity index is 265. The van der Waals surface area contributed by atoms with Crippen molar-refractivity contribution in [3.8, 4) is 24.7 Å². The second kappa shape index (κ2) is 7.20. The Balaban J connectivity index is 0. The fraction of sp³-hybridized carbons (Fsp3) is 0. The Hall–Kier alpha value is -0.465. The molecule has 0 N–H and O–H groups in total. The standard InChI is InChI=1S/C10H6.2Li.2H/c1-3-9-5-7-10(4-2)8-6-9;;;;/h1-2,5-8H;;;;. The number of hydrogen-bond acceptors (Lipinski definition) is 0. The number of hydrogen-bond donors (Lipinski definition) is 0. The van der Waals surface area contributed by atoms with Gasteiger partial charge in [-0.1, -0.05) is 11.8 Å². The summed E-state index contributed by atoms with van der Waals surface area (Å²) in [4.78, 5) is 0. The average molecular weight is 142 g/mol. The molecule has 0 nitrogen and oxygen atoms in total. The Labute approximate surface area is 97.5 Å². The molecule has 0 aliphatic carbocycles. The van der Waals surface area contributed by atoms with Crippen LogP contribution in [0, 0.1) is 24.7 Å². The Morgan fingerprint density at radius 3 is 1.17 bits per heavy atom. The van der Waals surface area contributed by atoms with E-state index in [4.69, 9.17) is 12.8 Å². The van der Waals surface area contributed by atoms with Gasteiger partial charge in [-0.15, -0.1) is 12.8 Å². The molecular weight excluding hydrogens is 134 g/mol.